The van der Waals surface area contributed by atoms with Gasteiger partial charge in [0.2, 0.25) is 5.91 Å². The largest absolute Gasteiger partial charge is 0.478 e. The second kappa shape index (κ2) is 6.36. The minimum atomic E-state index is -4.51. The molecule has 0 atom stereocenters. The molecular weight excluding hydrogens is 337 g/mol. The van der Waals surface area contributed by atoms with E-state index in [0.29, 0.717) is 0 Å². The molecule has 0 aliphatic heterocycles. The first-order chi connectivity index (χ1) is 10.7. The molecule has 0 aromatic carbocycles. The number of rotatable bonds is 5. The molecule has 2 heterocycles. The van der Waals surface area contributed by atoms with Gasteiger partial charge in [-0.25, -0.2) is 9.78 Å². The standard InChI is InChI=1S/C12H11F3N4O3S/c1-18(4-9-17-8(6-23-9)12(13,14)15)10(20)5-19-3-7(2-16-19)11(21)22/h2-3,6H,4-5H2,1H3,(H,21,22). The average Bonchev–Trinajstić information content (AvgIpc) is 3.07. The highest BCUT2D eigenvalue weighted by molar-refractivity contribution is 7.09. The zero-order valence-corrected chi connectivity index (χ0v) is 12.6. The molecule has 124 valence electrons. The lowest BCUT2D eigenvalue weighted by atomic mass is 10.4. The Kier molecular flexibility index (Phi) is 4.68. The van der Waals surface area contributed by atoms with Crippen LogP contribution < -0.4 is 0 Å². The molecule has 0 fully saturated rings. The monoisotopic (exact) mass is 348 g/mol. The number of halogens is 3. The lowest BCUT2D eigenvalue weighted by molar-refractivity contribution is -0.140. The van der Waals surface area contributed by atoms with E-state index in [1.54, 1.807) is 0 Å². The van der Waals surface area contributed by atoms with Crippen molar-refractivity contribution >= 4 is 23.2 Å². The minimum absolute atomic E-state index is 0.0600. The van der Waals surface area contributed by atoms with Gasteiger partial charge in [0, 0.05) is 18.6 Å². The lowest BCUT2D eigenvalue weighted by Gasteiger charge is -2.15. The van der Waals surface area contributed by atoms with E-state index in [9.17, 15) is 22.8 Å². The maximum atomic E-state index is 12.5. The fourth-order valence-electron chi connectivity index (χ4n) is 1.62. The molecule has 1 amide bonds. The van der Waals surface area contributed by atoms with E-state index in [1.807, 2.05) is 0 Å². The number of thiazole rings is 1. The van der Waals surface area contributed by atoms with Crippen LogP contribution >= 0.6 is 11.3 Å². The normalized spacial score (nSPS) is 11.5. The first-order valence-electron chi connectivity index (χ1n) is 6.18. The predicted octanol–water partition coefficient (Wildman–Crippen LogP) is 1.72. The summed E-state index contributed by atoms with van der Waals surface area (Å²) in [7, 11) is 1.42. The summed E-state index contributed by atoms with van der Waals surface area (Å²) in [6.07, 6.45) is -2.22. The van der Waals surface area contributed by atoms with Crippen LogP contribution in [0, 0.1) is 0 Å². The Morgan fingerprint density at radius 3 is 2.65 bits per heavy atom. The lowest BCUT2D eigenvalue weighted by Crippen LogP contribution is -2.30. The molecule has 11 heteroatoms. The summed E-state index contributed by atoms with van der Waals surface area (Å²) in [4.78, 5) is 27.3. The molecule has 0 aliphatic rings. The van der Waals surface area contributed by atoms with Crippen molar-refractivity contribution in [2.24, 2.45) is 0 Å². The molecule has 0 saturated carbocycles. The first kappa shape index (κ1) is 16.9. The third-order valence-electron chi connectivity index (χ3n) is 2.82. The van der Waals surface area contributed by atoms with E-state index in [2.05, 4.69) is 10.1 Å². The number of amides is 1. The van der Waals surface area contributed by atoms with Crippen molar-refractivity contribution < 1.29 is 27.9 Å². The van der Waals surface area contributed by atoms with Crippen LogP contribution in [0.15, 0.2) is 17.8 Å². The van der Waals surface area contributed by atoms with Gasteiger partial charge in [0.25, 0.3) is 0 Å². The van der Waals surface area contributed by atoms with Crippen molar-refractivity contribution in [3.05, 3.63) is 34.0 Å². The van der Waals surface area contributed by atoms with Crippen LogP contribution in [0.25, 0.3) is 0 Å². The Hall–Kier alpha value is -2.43. The van der Waals surface area contributed by atoms with Crippen LogP contribution in [-0.4, -0.2) is 43.7 Å². The van der Waals surface area contributed by atoms with E-state index >= 15 is 0 Å². The second-order valence-corrected chi connectivity index (χ2v) is 5.55. The Morgan fingerprint density at radius 1 is 1.43 bits per heavy atom. The Labute approximate surface area is 132 Å². The fraction of sp³-hybridized carbons (Fsp3) is 0.333. The van der Waals surface area contributed by atoms with Crippen LogP contribution in [0.5, 0.6) is 0 Å². The van der Waals surface area contributed by atoms with Gasteiger partial charge in [0.1, 0.15) is 11.6 Å². The summed E-state index contributed by atoms with van der Waals surface area (Å²) >= 11 is 0.811. The van der Waals surface area contributed by atoms with Crippen molar-refractivity contribution in [1.29, 1.82) is 0 Å². The molecule has 0 aliphatic carbocycles. The molecule has 0 spiro atoms. The van der Waals surface area contributed by atoms with Gasteiger partial charge in [0.05, 0.1) is 18.3 Å². The maximum Gasteiger partial charge on any atom is 0.434 e. The number of nitrogens with zero attached hydrogens (tertiary/aromatic N) is 4. The number of likely N-dealkylation sites (N-methyl/N-ethyl adjacent to an activating group) is 1. The van der Waals surface area contributed by atoms with E-state index in [-0.39, 0.29) is 23.7 Å². The SMILES string of the molecule is CN(Cc1nc(C(F)(F)F)cs1)C(=O)Cn1cc(C(=O)O)cn1. The third-order valence-corrected chi connectivity index (χ3v) is 3.65. The molecule has 0 radical (unpaired) electrons. The van der Waals surface area contributed by atoms with Gasteiger partial charge >= 0.3 is 12.1 Å². The van der Waals surface area contributed by atoms with Crippen LogP contribution in [0.1, 0.15) is 21.1 Å². The molecule has 2 aromatic rings. The number of carboxylic acids is 1. The molecule has 0 saturated heterocycles. The van der Waals surface area contributed by atoms with Crippen LogP contribution in [-0.2, 0) is 24.1 Å². The Balaban J connectivity index is 1.96. The third kappa shape index (κ3) is 4.28. The highest BCUT2D eigenvalue weighted by Gasteiger charge is 2.33. The zero-order valence-electron chi connectivity index (χ0n) is 11.7. The van der Waals surface area contributed by atoms with Crippen LogP contribution in [0.3, 0.4) is 0 Å². The average molecular weight is 348 g/mol. The molecule has 7 nitrogen and oxygen atoms in total. The predicted molar refractivity (Wildman–Crippen MR) is 72.8 cm³/mol. The van der Waals surface area contributed by atoms with E-state index in [4.69, 9.17) is 5.11 Å². The molecule has 1 N–H and O–H groups in total. The van der Waals surface area contributed by atoms with Gasteiger partial charge in [0.15, 0.2) is 5.69 Å². The minimum Gasteiger partial charge on any atom is -0.478 e. The summed E-state index contributed by atoms with van der Waals surface area (Å²) in [5.74, 6) is -1.60. The number of hydrogen-bond donors (Lipinski definition) is 1. The van der Waals surface area contributed by atoms with Crippen molar-refractivity contribution in [2.45, 2.75) is 19.3 Å². The van der Waals surface area contributed by atoms with Crippen LogP contribution in [0.4, 0.5) is 13.2 Å². The van der Waals surface area contributed by atoms with E-state index in [1.165, 1.54) is 18.1 Å². The van der Waals surface area contributed by atoms with Gasteiger partial charge < -0.3 is 10.0 Å². The highest BCUT2D eigenvalue weighted by Crippen LogP contribution is 2.30. The van der Waals surface area contributed by atoms with Crippen LogP contribution in [0.2, 0.25) is 0 Å². The molecule has 0 bridgehead atoms. The number of aromatic carboxylic acids is 1. The summed E-state index contributed by atoms with van der Waals surface area (Å²) in [6.45, 7) is -0.298. The number of carbonyl (C=O) groups excluding carboxylic acids is 1. The van der Waals surface area contributed by atoms with Gasteiger partial charge in [-0.05, 0) is 0 Å². The molecule has 0 unspecified atom stereocenters. The highest BCUT2D eigenvalue weighted by atomic mass is 32.1. The number of alkyl halides is 3. The van der Waals surface area contributed by atoms with Gasteiger partial charge in [-0.2, -0.15) is 18.3 Å². The van der Waals surface area contributed by atoms with Crippen molar-refractivity contribution in [3.8, 4) is 0 Å². The van der Waals surface area contributed by atoms with E-state index in [0.717, 1.165) is 27.6 Å². The smallest absolute Gasteiger partial charge is 0.434 e. The zero-order chi connectivity index (χ0) is 17.2. The fourth-order valence-corrected chi connectivity index (χ4v) is 2.48. The Morgan fingerprint density at radius 2 is 2.13 bits per heavy atom. The van der Waals surface area contributed by atoms with Crippen molar-refractivity contribution in [1.82, 2.24) is 19.7 Å². The molecule has 23 heavy (non-hydrogen) atoms. The number of carboxylic acid groups (broad SMARTS) is 1. The van der Waals surface area contributed by atoms with Gasteiger partial charge in [-0.3, -0.25) is 9.48 Å². The maximum absolute atomic E-state index is 12.5. The summed E-state index contributed by atoms with van der Waals surface area (Å²) in [5, 5.41) is 13.5. The number of hydrogen-bond acceptors (Lipinski definition) is 5. The van der Waals surface area contributed by atoms with E-state index < -0.39 is 23.7 Å². The Bertz CT molecular complexity index is 725. The van der Waals surface area contributed by atoms with Crippen molar-refractivity contribution in [3.63, 3.8) is 0 Å². The van der Waals surface area contributed by atoms with Gasteiger partial charge in [-0.15, -0.1) is 11.3 Å². The summed E-state index contributed by atoms with van der Waals surface area (Å²) in [6, 6.07) is 0. The quantitative estimate of drug-likeness (QED) is 0.889. The second-order valence-electron chi connectivity index (χ2n) is 4.61. The number of carbonyl (C=O) groups is 2. The van der Waals surface area contributed by atoms with Gasteiger partial charge in [-0.1, -0.05) is 0 Å². The molecular formula is C12H11F3N4O3S. The molecule has 2 aromatic heterocycles. The first-order valence-corrected chi connectivity index (χ1v) is 7.06. The number of aromatic nitrogens is 3. The topological polar surface area (TPSA) is 88.3 Å². The molecule has 2 rings (SSSR count). The summed E-state index contributed by atoms with van der Waals surface area (Å²) in [5.41, 5.74) is -1.05. The van der Waals surface area contributed by atoms with Crippen molar-refractivity contribution in [2.75, 3.05) is 7.05 Å². The summed E-state index contributed by atoms with van der Waals surface area (Å²) < 4.78 is 38.5.